The zero-order valence-electron chi connectivity index (χ0n) is 7.03. The van der Waals surface area contributed by atoms with Gasteiger partial charge in [-0.15, -0.1) is 11.6 Å². The molecule has 0 aliphatic heterocycles. The highest BCUT2D eigenvalue weighted by molar-refractivity contribution is 6.29. The van der Waals surface area contributed by atoms with E-state index < -0.39 is 5.78 Å². The van der Waals surface area contributed by atoms with Crippen molar-refractivity contribution < 1.29 is 14.3 Å². The number of carbonyl (C=O) groups is 1. The summed E-state index contributed by atoms with van der Waals surface area (Å²) in [5.41, 5.74) is 0.652. The van der Waals surface area contributed by atoms with Crippen LogP contribution in [0.3, 0.4) is 0 Å². The molecule has 1 N–H and O–H groups in total. The van der Waals surface area contributed by atoms with Crippen LogP contribution in [-0.2, 0) is 0 Å². The lowest BCUT2D eigenvalue weighted by molar-refractivity contribution is 0.0986. The average molecular weight is 212 g/mol. The molecule has 0 spiro atoms. The van der Waals surface area contributed by atoms with E-state index in [0.717, 1.165) is 0 Å². The molecule has 4 nitrogen and oxygen atoms in total. The number of alkyl halides is 1. The van der Waals surface area contributed by atoms with Gasteiger partial charge in [-0.3, -0.25) is 4.79 Å². The minimum Gasteiger partial charge on any atom is -0.504 e. The Morgan fingerprint density at radius 2 is 2.36 bits per heavy atom. The molecule has 0 saturated heterocycles. The van der Waals surface area contributed by atoms with E-state index >= 15 is 0 Å². The number of ketones is 1. The lowest BCUT2D eigenvalue weighted by Gasteiger charge is -1.88. The second-order valence-corrected chi connectivity index (χ2v) is 2.97. The Kier molecular flexibility index (Phi) is 2.13. The van der Waals surface area contributed by atoms with Crippen LogP contribution in [0.1, 0.15) is 10.7 Å². The van der Waals surface area contributed by atoms with Crippen molar-refractivity contribution in [1.82, 2.24) is 4.98 Å². The van der Waals surface area contributed by atoms with Gasteiger partial charge in [0.15, 0.2) is 11.3 Å². The van der Waals surface area contributed by atoms with Gasteiger partial charge in [0.1, 0.15) is 5.52 Å². The topological polar surface area (TPSA) is 63.3 Å². The number of phenolic OH excluding ortho intramolecular Hbond substituents is 1. The second-order valence-electron chi connectivity index (χ2n) is 2.70. The van der Waals surface area contributed by atoms with E-state index in [1.165, 1.54) is 6.07 Å². The minimum atomic E-state index is -0.401. The van der Waals surface area contributed by atoms with E-state index in [2.05, 4.69) is 4.98 Å². The smallest absolute Gasteiger partial charge is 0.265 e. The lowest BCUT2D eigenvalue weighted by atomic mass is 10.3. The van der Waals surface area contributed by atoms with Crippen LogP contribution in [0.5, 0.6) is 5.75 Å². The summed E-state index contributed by atoms with van der Waals surface area (Å²) in [6.45, 7) is 0. The highest BCUT2D eigenvalue weighted by Crippen LogP contribution is 2.24. The Bertz CT molecular complexity index is 492. The molecule has 0 aliphatic carbocycles. The summed E-state index contributed by atoms with van der Waals surface area (Å²) in [7, 11) is 0. The Morgan fingerprint density at radius 1 is 1.57 bits per heavy atom. The number of rotatable bonds is 2. The van der Waals surface area contributed by atoms with Crippen molar-refractivity contribution in [3.8, 4) is 5.75 Å². The number of halogens is 1. The SMILES string of the molecule is O=C(CCl)c1nc2cccc(O)c2o1. The number of hydrogen-bond acceptors (Lipinski definition) is 4. The number of aromatic nitrogens is 1. The Labute approximate surface area is 84.1 Å². The third-order valence-corrected chi connectivity index (χ3v) is 2.00. The number of nitrogens with zero attached hydrogens (tertiary/aromatic N) is 1. The van der Waals surface area contributed by atoms with Crippen molar-refractivity contribution in [1.29, 1.82) is 0 Å². The summed E-state index contributed by atoms with van der Waals surface area (Å²) in [6.07, 6.45) is 0. The van der Waals surface area contributed by atoms with Crippen LogP contribution in [0.15, 0.2) is 22.6 Å². The number of oxazole rings is 1. The van der Waals surface area contributed by atoms with Gasteiger partial charge in [0, 0.05) is 0 Å². The number of fused-ring (bicyclic) bond motifs is 1. The summed E-state index contributed by atoms with van der Waals surface area (Å²) < 4.78 is 5.06. The summed E-state index contributed by atoms with van der Waals surface area (Å²) in [5, 5.41) is 9.36. The van der Waals surface area contributed by atoms with Crippen molar-refractivity contribution >= 4 is 28.5 Å². The maximum atomic E-state index is 11.1. The van der Waals surface area contributed by atoms with Crippen LogP contribution in [0.25, 0.3) is 11.1 Å². The van der Waals surface area contributed by atoms with Crippen LogP contribution < -0.4 is 0 Å². The van der Waals surface area contributed by atoms with E-state index in [-0.39, 0.29) is 23.1 Å². The van der Waals surface area contributed by atoms with Crippen molar-refractivity contribution in [3.05, 3.63) is 24.1 Å². The van der Waals surface area contributed by atoms with Crippen molar-refractivity contribution in [2.75, 3.05) is 5.88 Å². The summed E-state index contributed by atoms with van der Waals surface area (Å²) in [6, 6.07) is 4.72. The Balaban J connectivity index is 2.62. The van der Waals surface area contributed by atoms with Gasteiger partial charge in [0.05, 0.1) is 5.88 Å². The second kappa shape index (κ2) is 3.31. The molecule has 0 amide bonds. The molecule has 0 atom stereocenters. The van der Waals surface area contributed by atoms with Crippen LogP contribution in [0.2, 0.25) is 0 Å². The molecule has 1 aromatic carbocycles. The molecule has 14 heavy (non-hydrogen) atoms. The quantitative estimate of drug-likeness (QED) is 0.609. The average Bonchev–Trinajstić information content (AvgIpc) is 2.62. The molecule has 72 valence electrons. The van der Waals surface area contributed by atoms with E-state index in [1.807, 2.05) is 0 Å². The summed E-state index contributed by atoms with van der Waals surface area (Å²) >= 11 is 5.34. The van der Waals surface area contributed by atoms with Gasteiger partial charge in [-0.05, 0) is 12.1 Å². The highest BCUT2D eigenvalue weighted by atomic mass is 35.5. The first kappa shape index (κ1) is 9.02. The van der Waals surface area contributed by atoms with E-state index in [9.17, 15) is 9.90 Å². The molecule has 1 heterocycles. The molecule has 0 aliphatic rings. The maximum Gasteiger partial charge on any atom is 0.265 e. The molecule has 5 heteroatoms. The number of carbonyl (C=O) groups excluding carboxylic acids is 1. The van der Waals surface area contributed by atoms with Crippen molar-refractivity contribution in [2.45, 2.75) is 0 Å². The van der Waals surface area contributed by atoms with Gasteiger partial charge in [-0.1, -0.05) is 6.07 Å². The van der Waals surface area contributed by atoms with Crippen LogP contribution in [0.4, 0.5) is 0 Å². The molecule has 0 bridgehead atoms. The molecular formula is C9H6ClNO3. The van der Waals surface area contributed by atoms with Gasteiger partial charge < -0.3 is 9.52 Å². The normalized spacial score (nSPS) is 10.6. The number of para-hydroxylation sites is 1. The first-order chi connectivity index (χ1) is 6.72. The zero-order chi connectivity index (χ0) is 10.1. The third-order valence-electron chi connectivity index (χ3n) is 1.75. The zero-order valence-corrected chi connectivity index (χ0v) is 7.78. The predicted octanol–water partition coefficient (Wildman–Crippen LogP) is 1.95. The lowest BCUT2D eigenvalue weighted by Crippen LogP contribution is -1.99. The number of benzene rings is 1. The molecule has 2 rings (SSSR count). The van der Waals surface area contributed by atoms with Crippen LogP contribution >= 0.6 is 11.6 Å². The van der Waals surface area contributed by atoms with Gasteiger partial charge in [-0.25, -0.2) is 4.98 Å². The highest BCUT2D eigenvalue weighted by Gasteiger charge is 2.14. The third kappa shape index (κ3) is 1.33. The fourth-order valence-corrected chi connectivity index (χ4v) is 1.23. The van der Waals surface area contributed by atoms with Gasteiger partial charge >= 0.3 is 0 Å². The molecular weight excluding hydrogens is 206 g/mol. The monoisotopic (exact) mass is 211 g/mol. The van der Waals surface area contributed by atoms with E-state index in [0.29, 0.717) is 5.52 Å². The number of Topliss-reactive ketones (excluding diaryl/α,β-unsaturated/α-hetero) is 1. The van der Waals surface area contributed by atoms with Crippen molar-refractivity contribution in [3.63, 3.8) is 0 Å². The van der Waals surface area contributed by atoms with Crippen LogP contribution in [0, 0.1) is 0 Å². The fraction of sp³-hybridized carbons (Fsp3) is 0.111. The Morgan fingerprint density at radius 3 is 3.00 bits per heavy atom. The van der Waals surface area contributed by atoms with Crippen LogP contribution in [-0.4, -0.2) is 21.8 Å². The summed E-state index contributed by atoms with van der Waals surface area (Å²) in [4.78, 5) is 15.0. The largest absolute Gasteiger partial charge is 0.504 e. The molecule has 2 aromatic rings. The summed E-state index contributed by atoms with van der Waals surface area (Å²) in [5.74, 6) is -0.699. The van der Waals surface area contributed by atoms with Gasteiger partial charge in [0.25, 0.3) is 5.89 Å². The van der Waals surface area contributed by atoms with Gasteiger partial charge in [0.2, 0.25) is 5.78 Å². The molecule has 1 aromatic heterocycles. The standard InChI is InChI=1S/C9H6ClNO3/c10-4-7(13)9-11-5-2-1-3-6(12)8(5)14-9/h1-3,12H,4H2. The number of phenols is 1. The molecule has 0 saturated carbocycles. The number of hydrogen-bond donors (Lipinski definition) is 1. The van der Waals surface area contributed by atoms with Gasteiger partial charge in [-0.2, -0.15) is 0 Å². The van der Waals surface area contributed by atoms with E-state index in [4.69, 9.17) is 16.0 Å². The molecule has 0 unspecified atom stereocenters. The molecule has 0 radical (unpaired) electrons. The first-order valence-electron chi connectivity index (χ1n) is 3.90. The fourth-order valence-electron chi connectivity index (χ4n) is 1.11. The van der Waals surface area contributed by atoms with E-state index in [1.54, 1.807) is 12.1 Å². The maximum absolute atomic E-state index is 11.1. The predicted molar refractivity (Wildman–Crippen MR) is 50.7 cm³/mol. The first-order valence-corrected chi connectivity index (χ1v) is 4.43. The number of aromatic hydroxyl groups is 1. The minimum absolute atomic E-state index is 0.0383. The van der Waals surface area contributed by atoms with Crippen molar-refractivity contribution in [2.24, 2.45) is 0 Å². The molecule has 0 fully saturated rings. The Hall–Kier alpha value is -1.55.